The molecule has 24 heavy (non-hydrogen) atoms. The molecular weight excluding hydrogens is 364 g/mol. The van der Waals surface area contributed by atoms with Crippen molar-refractivity contribution in [3.63, 3.8) is 0 Å². The van der Waals surface area contributed by atoms with Gasteiger partial charge < -0.3 is 5.32 Å². The molecule has 8 heteroatoms. The lowest BCUT2D eigenvalue weighted by Crippen LogP contribution is -2.22. The third-order valence-corrected chi connectivity index (χ3v) is 8.66. The van der Waals surface area contributed by atoms with Crippen molar-refractivity contribution in [3.05, 3.63) is 24.3 Å². The Morgan fingerprint density at radius 2 is 1.96 bits per heavy atom. The number of anilines is 1. The van der Waals surface area contributed by atoms with E-state index in [2.05, 4.69) is 5.32 Å². The van der Waals surface area contributed by atoms with Gasteiger partial charge in [-0.05, 0) is 43.5 Å². The van der Waals surface area contributed by atoms with Gasteiger partial charge in [0.2, 0.25) is 15.9 Å². The Kier molecular flexibility index (Phi) is 7.46. The Balaban J connectivity index is 1.75. The van der Waals surface area contributed by atoms with Crippen molar-refractivity contribution < 1.29 is 13.2 Å². The lowest BCUT2D eigenvalue weighted by atomic mass is 10.1. The molecule has 0 spiro atoms. The van der Waals surface area contributed by atoms with Gasteiger partial charge in [0.1, 0.15) is 0 Å². The smallest absolute Gasteiger partial charge is 0.242 e. The monoisotopic (exact) mass is 388 g/mol. The Bertz CT molecular complexity index is 639. The number of carbonyl (C=O) groups excluding carboxylic acids is 1. The van der Waals surface area contributed by atoms with Crippen molar-refractivity contribution >= 4 is 43.2 Å². The highest BCUT2D eigenvalue weighted by Gasteiger charge is 2.17. The Hall–Kier alpha value is -0.700. The van der Waals surface area contributed by atoms with E-state index in [0.717, 1.165) is 18.1 Å². The summed E-state index contributed by atoms with van der Waals surface area (Å²) in [5.74, 6) is 1.22. The average Bonchev–Trinajstić information content (AvgIpc) is 3.05. The predicted molar refractivity (Wildman–Crippen MR) is 103 cm³/mol. The summed E-state index contributed by atoms with van der Waals surface area (Å²) in [4.78, 5) is 12.2. The number of unbranched alkanes of at least 4 members (excludes halogenated alkanes) is 1. The SMILES string of the molecule is CN(C)S(=O)(=O)c1ccc(NC(=O)CCCC[C@@H]2CCSS2)cc1. The third kappa shape index (κ3) is 5.68. The maximum absolute atomic E-state index is 12.0. The second kappa shape index (κ2) is 9.12. The predicted octanol–water partition coefficient (Wildman–Crippen LogP) is 3.59. The molecule has 1 saturated heterocycles. The van der Waals surface area contributed by atoms with Crippen LogP contribution in [0.1, 0.15) is 32.1 Å². The van der Waals surface area contributed by atoms with Crippen molar-refractivity contribution in [2.24, 2.45) is 0 Å². The topological polar surface area (TPSA) is 66.5 Å². The molecule has 1 N–H and O–H groups in total. The van der Waals surface area contributed by atoms with E-state index >= 15 is 0 Å². The summed E-state index contributed by atoms with van der Waals surface area (Å²) >= 11 is 0. The molecule has 1 aliphatic rings. The summed E-state index contributed by atoms with van der Waals surface area (Å²) in [6.45, 7) is 0. The second-order valence-corrected chi connectivity index (χ2v) is 10.9. The molecule has 0 aromatic heterocycles. The number of amides is 1. The maximum Gasteiger partial charge on any atom is 0.242 e. The van der Waals surface area contributed by atoms with E-state index in [0.29, 0.717) is 12.1 Å². The zero-order chi connectivity index (χ0) is 17.6. The normalized spacial score (nSPS) is 18.0. The average molecular weight is 389 g/mol. The number of nitrogens with one attached hydrogen (secondary N) is 1. The van der Waals surface area contributed by atoms with Crippen LogP contribution in [0, 0.1) is 0 Å². The van der Waals surface area contributed by atoms with Gasteiger partial charge in [0.05, 0.1) is 4.90 Å². The number of sulfonamides is 1. The van der Waals surface area contributed by atoms with Gasteiger partial charge in [-0.15, -0.1) is 0 Å². The molecule has 1 aromatic carbocycles. The molecule has 0 bridgehead atoms. The zero-order valence-corrected chi connectivity index (χ0v) is 16.5. The van der Waals surface area contributed by atoms with E-state index in [1.807, 2.05) is 21.6 Å². The first-order chi connectivity index (χ1) is 11.4. The Morgan fingerprint density at radius 3 is 2.54 bits per heavy atom. The first kappa shape index (κ1) is 19.6. The van der Waals surface area contributed by atoms with Crippen LogP contribution < -0.4 is 5.32 Å². The van der Waals surface area contributed by atoms with Crippen molar-refractivity contribution in [2.75, 3.05) is 25.2 Å². The quantitative estimate of drug-likeness (QED) is 0.544. The number of nitrogens with zero attached hydrogens (tertiary/aromatic N) is 1. The van der Waals surface area contributed by atoms with Gasteiger partial charge in [0.15, 0.2) is 0 Å². The van der Waals surface area contributed by atoms with Gasteiger partial charge in [0.25, 0.3) is 0 Å². The molecular formula is C16H24N2O3S3. The van der Waals surface area contributed by atoms with Crippen LogP contribution in [-0.4, -0.2) is 43.7 Å². The van der Waals surface area contributed by atoms with Crippen LogP contribution in [0.4, 0.5) is 5.69 Å². The molecule has 0 radical (unpaired) electrons. The molecule has 1 amide bonds. The molecule has 1 aliphatic heterocycles. The standard InChI is InChI=1S/C16H24N2O3S3/c1-18(2)24(20,21)15-9-7-13(8-10-15)17-16(19)6-4-3-5-14-11-12-22-23-14/h7-10,14H,3-6,11-12H2,1-2H3,(H,17,19)/t14-/m1/s1. The van der Waals surface area contributed by atoms with Crippen LogP contribution in [0.5, 0.6) is 0 Å². The summed E-state index contributed by atoms with van der Waals surface area (Å²) in [7, 11) is 3.47. The molecule has 5 nitrogen and oxygen atoms in total. The summed E-state index contributed by atoms with van der Waals surface area (Å²) in [5, 5.41) is 3.58. The highest BCUT2D eigenvalue weighted by molar-refractivity contribution is 8.77. The van der Waals surface area contributed by atoms with Crippen LogP contribution in [-0.2, 0) is 14.8 Å². The van der Waals surface area contributed by atoms with Gasteiger partial charge in [-0.1, -0.05) is 28.0 Å². The van der Waals surface area contributed by atoms with Crippen LogP contribution >= 0.6 is 21.6 Å². The lowest BCUT2D eigenvalue weighted by molar-refractivity contribution is -0.116. The van der Waals surface area contributed by atoms with Gasteiger partial charge in [-0.2, -0.15) is 0 Å². The zero-order valence-electron chi connectivity index (χ0n) is 14.0. The summed E-state index contributed by atoms with van der Waals surface area (Å²) in [6, 6.07) is 6.28. The molecule has 1 atom stereocenters. The highest BCUT2D eigenvalue weighted by Crippen LogP contribution is 2.39. The fraction of sp³-hybridized carbons (Fsp3) is 0.562. The van der Waals surface area contributed by atoms with Crippen molar-refractivity contribution in [3.8, 4) is 0 Å². The first-order valence-corrected chi connectivity index (χ1v) is 11.8. The van der Waals surface area contributed by atoms with Crippen molar-refractivity contribution in [1.29, 1.82) is 0 Å². The Labute approximate surface area is 152 Å². The molecule has 134 valence electrons. The third-order valence-electron chi connectivity index (χ3n) is 3.82. The first-order valence-electron chi connectivity index (χ1n) is 8.00. The summed E-state index contributed by atoms with van der Waals surface area (Å²) in [5.41, 5.74) is 0.625. The van der Waals surface area contributed by atoms with Gasteiger partial charge in [-0.3, -0.25) is 4.79 Å². The minimum Gasteiger partial charge on any atom is -0.326 e. The molecule has 2 rings (SSSR count). The fourth-order valence-electron chi connectivity index (χ4n) is 2.37. The van der Waals surface area contributed by atoms with Gasteiger partial charge in [0, 0.05) is 37.2 Å². The molecule has 1 heterocycles. The maximum atomic E-state index is 12.0. The van der Waals surface area contributed by atoms with Crippen LogP contribution in [0.25, 0.3) is 0 Å². The van der Waals surface area contributed by atoms with E-state index in [9.17, 15) is 13.2 Å². The van der Waals surface area contributed by atoms with E-state index in [1.165, 1.54) is 49.1 Å². The summed E-state index contributed by atoms with van der Waals surface area (Å²) < 4.78 is 25.1. The van der Waals surface area contributed by atoms with E-state index in [4.69, 9.17) is 0 Å². The number of hydrogen-bond acceptors (Lipinski definition) is 5. The lowest BCUT2D eigenvalue weighted by Gasteiger charge is -2.12. The van der Waals surface area contributed by atoms with Crippen LogP contribution in [0.15, 0.2) is 29.2 Å². The van der Waals surface area contributed by atoms with E-state index < -0.39 is 10.0 Å². The van der Waals surface area contributed by atoms with Gasteiger partial charge in [-0.25, -0.2) is 12.7 Å². The fourth-order valence-corrected chi connectivity index (χ4v) is 6.30. The molecule has 0 saturated carbocycles. The van der Waals surface area contributed by atoms with Crippen LogP contribution in [0.2, 0.25) is 0 Å². The van der Waals surface area contributed by atoms with Gasteiger partial charge >= 0.3 is 0 Å². The Morgan fingerprint density at radius 1 is 1.25 bits per heavy atom. The second-order valence-electron chi connectivity index (χ2n) is 5.93. The number of carbonyl (C=O) groups is 1. The summed E-state index contributed by atoms with van der Waals surface area (Å²) in [6.07, 6.45) is 4.93. The highest BCUT2D eigenvalue weighted by atomic mass is 33.1. The van der Waals surface area contributed by atoms with Crippen molar-refractivity contribution in [2.45, 2.75) is 42.2 Å². The number of hydrogen-bond donors (Lipinski definition) is 1. The minimum absolute atomic E-state index is 0.0216. The van der Waals surface area contributed by atoms with E-state index in [-0.39, 0.29) is 10.8 Å². The van der Waals surface area contributed by atoms with Crippen LogP contribution in [0.3, 0.4) is 0 Å². The molecule has 1 aromatic rings. The largest absolute Gasteiger partial charge is 0.326 e. The number of rotatable bonds is 8. The van der Waals surface area contributed by atoms with E-state index in [1.54, 1.807) is 12.1 Å². The molecule has 0 aliphatic carbocycles. The molecule has 1 fully saturated rings. The van der Waals surface area contributed by atoms with Crippen molar-refractivity contribution in [1.82, 2.24) is 4.31 Å². The minimum atomic E-state index is -3.43. The number of benzene rings is 1. The molecule has 0 unspecified atom stereocenters.